The summed E-state index contributed by atoms with van der Waals surface area (Å²) >= 11 is 0. The van der Waals surface area contributed by atoms with Crippen molar-refractivity contribution in [3.63, 3.8) is 0 Å². The summed E-state index contributed by atoms with van der Waals surface area (Å²) in [6.45, 7) is 3.18. The van der Waals surface area contributed by atoms with Crippen LogP contribution in [0.2, 0.25) is 0 Å². The maximum Gasteiger partial charge on any atom is 0.315 e. The number of benzene rings is 2. The Kier molecular flexibility index (Phi) is 7.90. The lowest BCUT2D eigenvalue weighted by Crippen LogP contribution is -2.48. The molecule has 0 radical (unpaired) electrons. The molecule has 1 saturated heterocycles. The van der Waals surface area contributed by atoms with E-state index in [1.54, 1.807) is 14.2 Å². The van der Waals surface area contributed by atoms with E-state index in [0.29, 0.717) is 24.5 Å². The predicted molar refractivity (Wildman–Crippen MR) is 114 cm³/mol. The maximum absolute atomic E-state index is 13.0. The lowest BCUT2D eigenvalue weighted by molar-refractivity contribution is 0.186. The van der Waals surface area contributed by atoms with Crippen LogP contribution in [-0.4, -0.2) is 50.8 Å². The fourth-order valence-electron chi connectivity index (χ4n) is 3.68. The molecule has 0 atom stereocenters. The first-order valence-corrected chi connectivity index (χ1v) is 10.3. The number of hydrogen-bond donors (Lipinski definition) is 2. The van der Waals surface area contributed by atoms with Gasteiger partial charge in [-0.25, -0.2) is 9.18 Å². The zero-order valence-corrected chi connectivity index (χ0v) is 17.6. The van der Waals surface area contributed by atoms with Gasteiger partial charge in [-0.15, -0.1) is 0 Å². The summed E-state index contributed by atoms with van der Waals surface area (Å²) < 4.78 is 23.6. The number of carbonyl (C=O) groups is 1. The molecule has 162 valence electrons. The minimum Gasteiger partial charge on any atom is -0.493 e. The molecule has 0 saturated carbocycles. The van der Waals surface area contributed by atoms with E-state index in [1.807, 2.05) is 30.3 Å². The summed E-state index contributed by atoms with van der Waals surface area (Å²) in [5.41, 5.74) is 2.18. The van der Waals surface area contributed by atoms with Gasteiger partial charge in [0.15, 0.2) is 11.5 Å². The molecule has 1 fully saturated rings. The quantitative estimate of drug-likeness (QED) is 0.694. The van der Waals surface area contributed by atoms with Crippen LogP contribution in [0, 0.1) is 5.82 Å². The zero-order valence-electron chi connectivity index (χ0n) is 17.6. The number of nitrogens with zero attached hydrogens (tertiary/aromatic N) is 1. The van der Waals surface area contributed by atoms with Gasteiger partial charge in [-0.05, 0) is 54.7 Å². The summed E-state index contributed by atoms with van der Waals surface area (Å²) in [5, 5.41) is 6.00. The fraction of sp³-hybridized carbons (Fsp3) is 0.435. The van der Waals surface area contributed by atoms with Crippen molar-refractivity contribution in [2.24, 2.45) is 0 Å². The van der Waals surface area contributed by atoms with E-state index in [1.165, 1.54) is 12.1 Å². The highest BCUT2D eigenvalue weighted by Gasteiger charge is 2.20. The third kappa shape index (κ3) is 6.35. The number of nitrogens with one attached hydrogen (secondary N) is 2. The van der Waals surface area contributed by atoms with E-state index in [4.69, 9.17) is 9.47 Å². The molecule has 2 aromatic rings. The van der Waals surface area contributed by atoms with Crippen molar-refractivity contribution in [1.29, 1.82) is 0 Å². The van der Waals surface area contributed by atoms with Gasteiger partial charge >= 0.3 is 6.03 Å². The van der Waals surface area contributed by atoms with Crippen LogP contribution in [0.1, 0.15) is 24.0 Å². The first-order chi connectivity index (χ1) is 14.6. The molecule has 0 unspecified atom stereocenters. The number of carbonyl (C=O) groups excluding carboxylic acids is 1. The van der Waals surface area contributed by atoms with E-state index < -0.39 is 0 Å². The van der Waals surface area contributed by atoms with Crippen molar-refractivity contribution in [3.8, 4) is 11.5 Å². The molecule has 6 nitrogen and oxygen atoms in total. The molecule has 1 heterocycles. The molecule has 3 rings (SSSR count). The van der Waals surface area contributed by atoms with Crippen molar-refractivity contribution < 1.29 is 18.7 Å². The van der Waals surface area contributed by atoms with Gasteiger partial charge < -0.3 is 20.1 Å². The van der Waals surface area contributed by atoms with Crippen LogP contribution < -0.4 is 20.1 Å². The van der Waals surface area contributed by atoms with E-state index in [-0.39, 0.29) is 17.9 Å². The second-order valence-corrected chi connectivity index (χ2v) is 7.52. The Bertz CT molecular complexity index is 821. The molecule has 1 aliphatic heterocycles. The molecule has 1 aliphatic rings. The van der Waals surface area contributed by atoms with Crippen LogP contribution in [0.4, 0.5) is 9.18 Å². The SMILES string of the molecule is COc1ccc(CCNC(=O)NC2CCN(Cc3ccc(F)cc3)CC2)cc1OC. The standard InChI is InChI=1S/C23H30FN3O3/c1-29-21-8-5-17(15-22(21)30-2)9-12-25-23(28)26-20-10-13-27(14-11-20)16-18-3-6-19(24)7-4-18/h3-8,15,20H,9-14,16H2,1-2H3,(H2,25,26,28). The van der Waals surface area contributed by atoms with Crippen LogP contribution in [0.15, 0.2) is 42.5 Å². The monoisotopic (exact) mass is 415 g/mol. The molecule has 0 bridgehead atoms. The molecule has 2 amide bonds. The van der Waals surface area contributed by atoms with Gasteiger partial charge in [0, 0.05) is 32.2 Å². The number of piperidine rings is 1. The van der Waals surface area contributed by atoms with Gasteiger partial charge in [-0.3, -0.25) is 4.90 Å². The maximum atomic E-state index is 13.0. The lowest BCUT2D eigenvalue weighted by atomic mass is 10.0. The van der Waals surface area contributed by atoms with Gasteiger partial charge in [-0.2, -0.15) is 0 Å². The average Bonchev–Trinajstić information content (AvgIpc) is 2.76. The highest BCUT2D eigenvalue weighted by Crippen LogP contribution is 2.27. The van der Waals surface area contributed by atoms with Crippen LogP contribution in [0.5, 0.6) is 11.5 Å². The lowest BCUT2D eigenvalue weighted by Gasteiger charge is -2.32. The molecule has 30 heavy (non-hydrogen) atoms. The first kappa shape index (κ1) is 21.9. The Morgan fingerprint density at radius 1 is 1.03 bits per heavy atom. The fourth-order valence-corrected chi connectivity index (χ4v) is 3.68. The summed E-state index contributed by atoms with van der Waals surface area (Å²) in [6, 6.07) is 12.5. The number of likely N-dealkylation sites (tertiary alicyclic amines) is 1. The summed E-state index contributed by atoms with van der Waals surface area (Å²) in [4.78, 5) is 14.5. The van der Waals surface area contributed by atoms with Gasteiger partial charge in [0.2, 0.25) is 0 Å². The largest absolute Gasteiger partial charge is 0.493 e. The predicted octanol–water partition coefficient (Wildman–Crippen LogP) is 3.35. The number of hydrogen-bond acceptors (Lipinski definition) is 4. The Hall–Kier alpha value is -2.80. The third-order valence-electron chi connectivity index (χ3n) is 5.39. The number of urea groups is 1. The molecule has 2 aromatic carbocycles. The van der Waals surface area contributed by atoms with E-state index in [0.717, 1.165) is 43.6 Å². The molecule has 0 spiro atoms. The topological polar surface area (TPSA) is 62.8 Å². The number of methoxy groups -OCH3 is 2. The summed E-state index contributed by atoms with van der Waals surface area (Å²) in [5.74, 6) is 1.17. The number of halogens is 1. The van der Waals surface area contributed by atoms with Gasteiger partial charge in [0.25, 0.3) is 0 Å². The molecule has 0 aromatic heterocycles. The Labute approximate surface area is 177 Å². The van der Waals surface area contributed by atoms with Crippen molar-refractivity contribution in [2.75, 3.05) is 33.9 Å². The Morgan fingerprint density at radius 2 is 1.70 bits per heavy atom. The average molecular weight is 416 g/mol. The van der Waals surface area contributed by atoms with Crippen molar-refractivity contribution in [1.82, 2.24) is 15.5 Å². The zero-order chi connectivity index (χ0) is 21.3. The van der Waals surface area contributed by atoms with Crippen molar-refractivity contribution >= 4 is 6.03 Å². The number of rotatable bonds is 8. The normalized spacial score (nSPS) is 14.9. The van der Waals surface area contributed by atoms with Crippen LogP contribution >= 0.6 is 0 Å². The molecular weight excluding hydrogens is 385 g/mol. The van der Waals surface area contributed by atoms with Gasteiger partial charge in [-0.1, -0.05) is 18.2 Å². The first-order valence-electron chi connectivity index (χ1n) is 10.3. The minimum absolute atomic E-state index is 0.132. The van der Waals surface area contributed by atoms with E-state index in [9.17, 15) is 9.18 Å². The second kappa shape index (κ2) is 10.8. The highest BCUT2D eigenvalue weighted by molar-refractivity contribution is 5.74. The van der Waals surface area contributed by atoms with E-state index >= 15 is 0 Å². The molecular formula is C23H30FN3O3. The van der Waals surface area contributed by atoms with Crippen LogP contribution in [-0.2, 0) is 13.0 Å². The molecule has 2 N–H and O–H groups in total. The number of ether oxygens (including phenoxy) is 2. The van der Waals surface area contributed by atoms with Crippen LogP contribution in [0.3, 0.4) is 0 Å². The van der Waals surface area contributed by atoms with Crippen LogP contribution in [0.25, 0.3) is 0 Å². The van der Waals surface area contributed by atoms with Crippen molar-refractivity contribution in [3.05, 3.63) is 59.4 Å². The molecule has 7 heteroatoms. The minimum atomic E-state index is -0.209. The summed E-state index contributed by atoms with van der Waals surface area (Å²) in [7, 11) is 3.22. The van der Waals surface area contributed by atoms with Gasteiger partial charge in [0.1, 0.15) is 5.82 Å². The van der Waals surface area contributed by atoms with E-state index in [2.05, 4.69) is 15.5 Å². The van der Waals surface area contributed by atoms with Gasteiger partial charge in [0.05, 0.1) is 14.2 Å². The Balaban J connectivity index is 1.35. The second-order valence-electron chi connectivity index (χ2n) is 7.52. The number of amides is 2. The van der Waals surface area contributed by atoms with Crippen molar-refractivity contribution in [2.45, 2.75) is 31.8 Å². The smallest absolute Gasteiger partial charge is 0.315 e. The molecule has 0 aliphatic carbocycles. The summed E-state index contributed by atoms with van der Waals surface area (Å²) in [6.07, 6.45) is 2.53. The Morgan fingerprint density at radius 3 is 2.37 bits per heavy atom. The highest BCUT2D eigenvalue weighted by atomic mass is 19.1. The third-order valence-corrected chi connectivity index (χ3v) is 5.39.